The first-order valence-electron chi connectivity index (χ1n) is 8.22. The van der Waals surface area contributed by atoms with Crippen LogP contribution in [0.1, 0.15) is 52.0 Å². The molecular formula is C19H22N2O2S. The fourth-order valence-corrected chi connectivity index (χ4v) is 4.68. The average Bonchev–Trinajstić information content (AvgIpc) is 3.15. The zero-order valence-corrected chi connectivity index (χ0v) is 14.8. The predicted octanol–water partition coefficient (Wildman–Crippen LogP) is 3.91. The molecular weight excluding hydrogens is 320 g/mol. The molecule has 0 saturated heterocycles. The lowest BCUT2D eigenvalue weighted by molar-refractivity contribution is -0.121. The minimum absolute atomic E-state index is 0.0325. The van der Waals surface area contributed by atoms with Crippen molar-refractivity contribution in [2.45, 2.75) is 44.9 Å². The molecule has 3 N–H and O–H groups in total. The van der Waals surface area contributed by atoms with Crippen LogP contribution in [0.2, 0.25) is 0 Å². The maximum Gasteiger partial charge on any atom is 0.251 e. The first kappa shape index (κ1) is 16.7. The van der Waals surface area contributed by atoms with Gasteiger partial charge >= 0.3 is 0 Å². The van der Waals surface area contributed by atoms with Crippen LogP contribution < -0.4 is 11.1 Å². The van der Waals surface area contributed by atoms with Crippen molar-refractivity contribution in [3.05, 3.63) is 51.9 Å². The Morgan fingerprint density at radius 1 is 1.12 bits per heavy atom. The molecule has 0 aliphatic heterocycles. The maximum atomic E-state index is 13.2. The van der Waals surface area contributed by atoms with Gasteiger partial charge < -0.3 is 11.1 Å². The number of anilines is 1. The molecule has 3 rings (SSSR count). The quantitative estimate of drug-likeness (QED) is 0.884. The number of thiophene rings is 1. The number of nitrogens with one attached hydrogen (secondary N) is 1. The van der Waals surface area contributed by atoms with Crippen molar-refractivity contribution in [3.63, 3.8) is 0 Å². The number of aryl methyl sites for hydroxylation is 1. The second kappa shape index (κ2) is 6.40. The van der Waals surface area contributed by atoms with Crippen LogP contribution >= 0.6 is 11.3 Å². The number of primary amides is 1. The Labute approximate surface area is 146 Å². The normalized spacial score (nSPS) is 16.1. The Balaban J connectivity index is 1.97. The lowest BCUT2D eigenvalue weighted by Crippen LogP contribution is -2.38. The number of amides is 2. The van der Waals surface area contributed by atoms with Gasteiger partial charge in [-0.15, -0.1) is 11.3 Å². The van der Waals surface area contributed by atoms with Crippen LogP contribution in [0.25, 0.3) is 0 Å². The second-order valence-electron chi connectivity index (χ2n) is 6.46. The minimum atomic E-state index is -0.512. The van der Waals surface area contributed by atoms with Gasteiger partial charge in [-0.05, 0) is 37.8 Å². The van der Waals surface area contributed by atoms with E-state index in [1.165, 1.54) is 11.3 Å². The largest absolute Gasteiger partial charge is 0.365 e. The molecule has 0 bridgehead atoms. The van der Waals surface area contributed by atoms with Crippen molar-refractivity contribution in [2.75, 3.05) is 5.32 Å². The molecule has 1 aliphatic rings. The van der Waals surface area contributed by atoms with E-state index in [1.807, 2.05) is 44.2 Å². The minimum Gasteiger partial charge on any atom is -0.365 e. The van der Waals surface area contributed by atoms with Gasteiger partial charge in [0, 0.05) is 4.88 Å². The molecule has 0 atom stereocenters. The summed E-state index contributed by atoms with van der Waals surface area (Å²) < 4.78 is 0. The van der Waals surface area contributed by atoms with E-state index in [4.69, 9.17) is 5.73 Å². The maximum absolute atomic E-state index is 13.2. The first-order valence-corrected chi connectivity index (χ1v) is 9.04. The third kappa shape index (κ3) is 2.73. The molecule has 1 aromatic carbocycles. The van der Waals surface area contributed by atoms with Crippen LogP contribution in [-0.4, -0.2) is 11.8 Å². The van der Waals surface area contributed by atoms with Crippen LogP contribution in [-0.2, 0) is 10.2 Å². The van der Waals surface area contributed by atoms with Crippen LogP contribution in [0.3, 0.4) is 0 Å². The molecule has 24 heavy (non-hydrogen) atoms. The number of benzene rings is 1. The van der Waals surface area contributed by atoms with Crippen LogP contribution in [0.4, 0.5) is 5.00 Å². The monoisotopic (exact) mass is 342 g/mol. The number of rotatable bonds is 4. The molecule has 2 aromatic rings. The van der Waals surface area contributed by atoms with Gasteiger partial charge in [0.1, 0.15) is 5.00 Å². The van der Waals surface area contributed by atoms with Gasteiger partial charge in [0.15, 0.2) is 0 Å². The standard InChI is InChI=1S/C19H22N2O2S/c1-12-13(2)24-17(15(12)16(20)22)21-18(23)19(10-6-7-11-19)14-8-4-3-5-9-14/h3-5,8-9H,6-7,10-11H2,1-2H3,(H2,20,22)(H,21,23). The lowest BCUT2D eigenvalue weighted by Gasteiger charge is -2.28. The summed E-state index contributed by atoms with van der Waals surface area (Å²) in [7, 11) is 0. The van der Waals surface area contributed by atoms with Crippen LogP contribution in [0.15, 0.2) is 30.3 Å². The lowest BCUT2D eigenvalue weighted by atomic mass is 9.78. The zero-order valence-electron chi connectivity index (χ0n) is 14.0. The third-order valence-electron chi connectivity index (χ3n) is 5.08. The average molecular weight is 342 g/mol. The van der Waals surface area contributed by atoms with Crippen molar-refractivity contribution in [1.82, 2.24) is 0 Å². The SMILES string of the molecule is Cc1sc(NC(=O)C2(c3ccccc3)CCCC2)c(C(N)=O)c1C. The molecule has 0 unspecified atom stereocenters. The van der Waals surface area contributed by atoms with Crippen LogP contribution in [0.5, 0.6) is 0 Å². The van der Waals surface area contributed by atoms with E-state index >= 15 is 0 Å². The van der Waals surface area contributed by atoms with Gasteiger partial charge in [-0.1, -0.05) is 43.2 Å². The fraction of sp³-hybridized carbons (Fsp3) is 0.368. The Bertz CT molecular complexity index is 774. The zero-order chi connectivity index (χ0) is 17.3. The summed E-state index contributed by atoms with van der Waals surface area (Å²) in [5, 5.41) is 3.59. The second-order valence-corrected chi connectivity index (χ2v) is 7.69. The molecule has 1 aromatic heterocycles. The molecule has 1 heterocycles. The molecule has 2 amide bonds. The number of hydrogen-bond acceptors (Lipinski definition) is 3. The number of hydrogen-bond donors (Lipinski definition) is 2. The Morgan fingerprint density at radius 3 is 2.33 bits per heavy atom. The van der Waals surface area contributed by atoms with E-state index in [9.17, 15) is 9.59 Å². The number of carbonyl (C=O) groups excluding carboxylic acids is 2. The van der Waals surface area contributed by atoms with E-state index in [0.29, 0.717) is 10.6 Å². The molecule has 1 fully saturated rings. The van der Waals surface area contributed by atoms with Gasteiger partial charge in [-0.3, -0.25) is 9.59 Å². The fourth-order valence-electron chi connectivity index (χ4n) is 3.62. The van der Waals surface area contributed by atoms with Crippen molar-refractivity contribution in [2.24, 2.45) is 5.73 Å². The number of carbonyl (C=O) groups is 2. The van der Waals surface area contributed by atoms with Gasteiger partial charge in [-0.2, -0.15) is 0 Å². The molecule has 1 aliphatic carbocycles. The highest BCUT2D eigenvalue weighted by Gasteiger charge is 2.43. The topological polar surface area (TPSA) is 72.2 Å². The van der Waals surface area contributed by atoms with E-state index in [2.05, 4.69) is 5.32 Å². The Morgan fingerprint density at radius 2 is 1.75 bits per heavy atom. The highest BCUT2D eigenvalue weighted by atomic mass is 32.1. The number of nitrogens with two attached hydrogens (primary N) is 1. The van der Waals surface area contributed by atoms with Crippen molar-refractivity contribution in [3.8, 4) is 0 Å². The summed E-state index contributed by atoms with van der Waals surface area (Å²) in [6, 6.07) is 9.94. The Hall–Kier alpha value is -2.14. The first-order chi connectivity index (χ1) is 11.5. The molecule has 1 saturated carbocycles. The van der Waals surface area contributed by atoms with E-state index < -0.39 is 11.3 Å². The van der Waals surface area contributed by atoms with Gasteiger partial charge in [0.2, 0.25) is 5.91 Å². The van der Waals surface area contributed by atoms with Crippen molar-refractivity contribution in [1.29, 1.82) is 0 Å². The summed E-state index contributed by atoms with van der Waals surface area (Å²) in [4.78, 5) is 26.0. The molecule has 4 nitrogen and oxygen atoms in total. The molecule has 0 radical (unpaired) electrons. The summed E-state index contributed by atoms with van der Waals surface area (Å²) in [5.74, 6) is -0.526. The Kier molecular flexibility index (Phi) is 4.45. The smallest absolute Gasteiger partial charge is 0.251 e. The van der Waals surface area contributed by atoms with Crippen molar-refractivity contribution < 1.29 is 9.59 Å². The van der Waals surface area contributed by atoms with E-state index in [-0.39, 0.29) is 5.91 Å². The van der Waals surface area contributed by atoms with E-state index in [0.717, 1.165) is 41.7 Å². The molecule has 126 valence electrons. The van der Waals surface area contributed by atoms with Gasteiger partial charge in [0.25, 0.3) is 5.91 Å². The molecule has 0 spiro atoms. The highest BCUT2D eigenvalue weighted by molar-refractivity contribution is 7.16. The van der Waals surface area contributed by atoms with E-state index in [1.54, 1.807) is 0 Å². The van der Waals surface area contributed by atoms with Gasteiger partial charge in [-0.25, -0.2) is 0 Å². The van der Waals surface area contributed by atoms with Crippen LogP contribution in [0, 0.1) is 13.8 Å². The predicted molar refractivity (Wildman–Crippen MR) is 97.5 cm³/mol. The third-order valence-corrected chi connectivity index (χ3v) is 6.20. The summed E-state index contributed by atoms with van der Waals surface area (Å²) in [6.07, 6.45) is 3.73. The van der Waals surface area contributed by atoms with Gasteiger partial charge in [0.05, 0.1) is 11.0 Å². The summed E-state index contributed by atoms with van der Waals surface area (Å²) >= 11 is 1.42. The highest BCUT2D eigenvalue weighted by Crippen LogP contribution is 2.43. The summed E-state index contributed by atoms with van der Waals surface area (Å²) in [5.41, 5.74) is 7.34. The molecule has 5 heteroatoms. The van der Waals surface area contributed by atoms with Crippen molar-refractivity contribution >= 4 is 28.2 Å². The summed E-state index contributed by atoms with van der Waals surface area (Å²) in [6.45, 7) is 3.80.